The third kappa shape index (κ3) is 3.52. The number of sulfonamides is 1. The first-order valence-electron chi connectivity index (χ1n) is 11.1. The largest absolute Gasteiger partial charge is 0.303 e. The molecule has 8 nitrogen and oxygen atoms in total. The van der Waals surface area contributed by atoms with Crippen molar-refractivity contribution in [2.45, 2.75) is 55.3 Å². The lowest BCUT2D eigenvalue weighted by molar-refractivity contribution is -0.126. The second-order valence-corrected chi connectivity index (χ2v) is 13.2. The molecular weight excluding hydrogens is 450 g/mol. The van der Waals surface area contributed by atoms with Crippen molar-refractivity contribution in [2.75, 3.05) is 25.9 Å². The van der Waals surface area contributed by atoms with Crippen LogP contribution in [0.1, 0.15) is 38.7 Å². The lowest BCUT2D eigenvalue weighted by atomic mass is 9.89. The molecule has 1 amide bonds. The Morgan fingerprint density at radius 2 is 1.69 bits per heavy atom. The highest BCUT2D eigenvalue weighted by Gasteiger charge is 2.69. The van der Waals surface area contributed by atoms with Crippen molar-refractivity contribution in [1.29, 1.82) is 0 Å². The highest BCUT2D eigenvalue weighted by atomic mass is 32.2. The molecule has 176 valence electrons. The van der Waals surface area contributed by atoms with E-state index in [1.807, 2.05) is 0 Å². The van der Waals surface area contributed by atoms with Gasteiger partial charge in [-0.15, -0.1) is 0 Å². The van der Waals surface area contributed by atoms with Gasteiger partial charge in [-0.3, -0.25) is 9.69 Å². The van der Waals surface area contributed by atoms with Gasteiger partial charge in [-0.2, -0.15) is 0 Å². The maximum atomic E-state index is 14.0. The third-order valence-corrected chi connectivity index (χ3v) is 10.5. The predicted octanol–water partition coefficient (Wildman–Crippen LogP) is 1.50. The van der Waals surface area contributed by atoms with Gasteiger partial charge in [0.05, 0.1) is 22.9 Å². The number of hydrogen-bond donors (Lipinski definition) is 1. The Morgan fingerprint density at radius 1 is 1.06 bits per heavy atom. The van der Waals surface area contributed by atoms with E-state index < -0.39 is 42.5 Å². The van der Waals surface area contributed by atoms with E-state index in [1.54, 1.807) is 44.2 Å². The lowest BCUT2D eigenvalue weighted by Gasteiger charge is -2.35. The molecule has 0 radical (unpaired) electrons. The third-order valence-electron chi connectivity index (χ3n) is 6.83. The molecule has 0 bridgehead atoms. The number of carbonyl (C=O) groups excluding carboxylic acids is 1. The summed E-state index contributed by atoms with van der Waals surface area (Å²) in [5.74, 6) is -1.56. The average molecular weight is 482 g/mol. The van der Waals surface area contributed by atoms with Gasteiger partial charge in [-0.05, 0) is 55.6 Å². The number of benzene rings is 1. The number of amides is 1. The highest BCUT2D eigenvalue weighted by Crippen LogP contribution is 2.48. The van der Waals surface area contributed by atoms with E-state index in [0.717, 1.165) is 31.5 Å². The molecule has 4 rings (SSSR count). The van der Waals surface area contributed by atoms with Gasteiger partial charge in [-0.1, -0.05) is 32.4 Å². The van der Waals surface area contributed by atoms with E-state index in [-0.39, 0.29) is 10.6 Å². The van der Waals surface area contributed by atoms with Gasteiger partial charge < -0.3 is 5.32 Å². The van der Waals surface area contributed by atoms with Crippen LogP contribution in [0.3, 0.4) is 0 Å². The van der Waals surface area contributed by atoms with Gasteiger partial charge in [-0.25, -0.2) is 21.1 Å². The zero-order chi connectivity index (χ0) is 23.3. The molecule has 1 aromatic rings. The van der Waals surface area contributed by atoms with Gasteiger partial charge in [0.15, 0.2) is 14.6 Å². The van der Waals surface area contributed by atoms with Crippen molar-refractivity contribution in [3.8, 4) is 0 Å². The number of piperidine rings is 1. The molecule has 0 unspecified atom stereocenters. The van der Waals surface area contributed by atoms with Crippen LogP contribution >= 0.6 is 0 Å². The molecule has 32 heavy (non-hydrogen) atoms. The molecule has 3 aliphatic rings. The van der Waals surface area contributed by atoms with E-state index in [2.05, 4.69) is 10.2 Å². The molecule has 3 heterocycles. The van der Waals surface area contributed by atoms with Crippen LogP contribution in [0.25, 0.3) is 0 Å². The van der Waals surface area contributed by atoms with Crippen LogP contribution in [0.5, 0.6) is 0 Å². The summed E-state index contributed by atoms with van der Waals surface area (Å²) in [7, 11) is -8.19. The summed E-state index contributed by atoms with van der Waals surface area (Å²) in [6, 6.07) is 5.77. The summed E-state index contributed by atoms with van der Waals surface area (Å²) in [4.78, 5) is 15.9. The van der Waals surface area contributed by atoms with E-state index in [0.29, 0.717) is 10.8 Å². The number of nitrogens with zero attached hydrogens (tertiary/aromatic N) is 2. The molecule has 2 atom stereocenters. The van der Waals surface area contributed by atoms with Crippen molar-refractivity contribution in [3.05, 3.63) is 41.6 Å². The summed E-state index contributed by atoms with van der Waals surface area (Å²) in [6.45, 7) is 6.45. The van der Waals surface area contributed by atoms with Crippen molar-refractivity contribution in [1.82, 2.24) is 14.5 Å². The second kappa shape index (κ2) is 8.23. The first kappa shape index (κ1) is 23.4. The van der Waals surface area contributed by atoms with Gasteiger partial charge in [0.1, 0.15) is 0 Å². The molecule has 0 spiro atoms. The van der Waals surface area contributed by atoms with E-state index in [9.17, 15) is 21.6 Å². The number of fused-ring (bicyclic) bond motifs is 1. The minimum atomic E-state index is -4.22. The van der Waals surface area contributed by atoms with Crippen LogP contribution < -0.4 is 5.32 Å². The van der Waals surface area contributed by atoms with Crippen molar-refractivity contribution in [3.63, 3.8) is 0 Å². The van der Waals surface area contributed by atoms with Crippen LogP contribution in [0, 0.1) is 5.92 Å². The number of nitrogens with one attached hydrogen (secondary N) is 1. The first-order chi connectivity index (χ1) is 15.0. The second-order valence-electron chi connectivity index (χ2n) is 9.23. The standard InChI is InChI=1S/C22H31N3O5S2/c1-16(2)22(20-19(11-12-23-20)25(21(22)26)31(3,27)28)32(29,30)18-9-7-17(8-10-18)15-24-13-5-4-6-14-24/h7-11,16,20,23H,4-6,12-15H2,1-3H3/t20-,22-/m1/s1. The zero-order valence-electron chi connectivity index (χ0n) is 18.7. The molecule has 0 aliphatic carbocycles. The van der Waals surface area contributed by atoms with Crippen LogP contribution in [0.2, 0.25) is 0 Å². The molecule has 0 aromatic heterocycles. The Balaban J connectivity index is 1.74. The smallest absolute Gasteiger partial charge is 0.264 e. The number of hydrogen-bond acceptors (Lipinski definition) is 7. The molecule has 10 heteroatoms. The van der Waals surface area contributed by atoms with Crippen molar-refractivity contribution in [2.24, 2.45) is 5.92 Å². The molecule has 1 aromatic carbocycles. The molecule has 1 N–H and O–H groups in total. The summed E-state index contributed by atoms with van der Waals surface area (Å²) >= 11 is 0. The Morgan fingerprint density at radius 3 is 2.25 bits per heavy atom. The minimum Gasteiger partial charge on any atom is -0.303 e. The first-order valence-corrected chi connectivity index (χ1v) is 14.4. The van der Waals surface area contributed by atoms with E-state index >= 15 is 0 Å². The zero-order valence-corrected chi connectivity index (χ0v) is 20.4. The highest BCUT2D eigenvalue weighted by molar-refractivity contribution is 7.94. The van der Waals surface area contributed by atoms with Crippen LogP contribution in [-0.4, -0.2) is 68.6 Å². The van der Waals surface area contributed by atoms with Crippen LogP contribution in [0.4, 0.5) is 0 Å². The molecule has 2 saturated heterocycles. The molecule has 2 fully saturated rings. The number of sulfone groups is 1. The lowest BCUT2D eigenvalue weighted by Crippen LogP contribution is -2.60. The Labute approximate surface area is 190 Å². The minimum absolute atomic E-state index is 0.0327. The normalized spacial score (nSPS) is 27.1. The summed E-state index contributed by atoms with van der Waals surface area (Å²) < 4.78 is 51.6. The Bertz CT molecular complexity index is 1140. The quantitative estimate of drug-likeness (QED) is 0.657. The molecule has 0 saturated carbocycles. The fourth-order valence-electron chi connectivity index (χ4n) is 5.32. The molecule has 3 aliphatic heterocycles. The van der Waals surface area contributed by atoms with Crippen molar-refractivity contribution < 1.29 is 21.6 Å². The van der Waals surface area contributed by atoms with Crippen LogP contribution in [-0.2, 0) is 31.2 Å². The topological polar surface area (TPSA) is 104 Å². The van der Waals surface area contributed by atoms with E-state index in [1.165, 1.54) is 19.3 Å². The summed E-state index contributed by atoms with van der Waals surface area (Å²) in [6.07, 6.45) is 6.11. The average Bonchev–Trinajstić information content (AvgIpc) is 3.26. The SMILES string of the molecule is CC(C)[C@]1(S(=O)(=O)c2ccc(CN3CCCCC3)cc2)C(=O)N(S(C)(=O)=O)C2=CCN[C@H]21. The maximum absolute atomic E-state index is 14.0. The molecular formula is C22H31N3O5S2. The fourth-order valence-corrected chi connectivity index (χ4v) is 8.74. The van der Waals surface area contributed by atoms with Crippen LogP contribution in [0.15, 0.2) is 40.9 Å². The van der Waals surface area contributed by atoms with Gasteiger partial charge in [0.2, 0.25) is 10.0 Å². The fraction of sp³-hybridized carbons (Fsp3) is 0.591. The number of carbonyl (C=O) groups is 1. The Hall–Kier alpha value is -1.75. The summed E-state index contributed by atoms with van der Waals surface area (Å²) in [5.41, 5.74) is 1.22. The van der Waals surface area contributed by atoms with Gasteiger partial charge in [0, 0.05) is 13.1 Å². The van der Waals surface area contributed by atoms with Crippen molar-refractivity contribution >= 4 is 25.8 Å². The van der Waals surface area contributed by atoms with Gasteiger partial charge >= 0.3 is 0 Å². The van der Waals surface area contributed by atoms with E-state index in [4.69, 9.17) is 0 Å². The van der Waals surface area contributed by atoms with Gasteiger partial charge in [0.25, 0.3) is 5.91 Å². The Kier molecular flexibility index (Phi) is 6.02. The summed E-state index contributed by atoms with van der Waals surface area (Å²) in [5, 5.41) is 3.06. The monoisotopic (exact) mass is 481 g/mol. The number of rotatable bonds is 6. The predicted molar refractivity (Wildman–Crippen MR) is 122 cm³/mol. The number of likely N-dealkylation sites (tertiary alicyclic amines) is 1. The maximum Gasteiger partial charge on any atom is 0.264 e.